The molecule has 0 aliphatic rings. The van der Waals surface area contributed by atoms with Crippen molar-refractivity contribution in [1.82, 2.24) is 4.90 Å². The van der Waals surface area contributed by atoms with Crippen LogP contribution in [-0.2, 0) is 4.79 Å². The molecule has 0 atom stereocenters. The second-order valence-electron chi connectivity index (χ2n) is 3.44. The van der Waals surface area contributed by atoms with E-state index in [2.05, 4.69) is 6.58 Å². The maximum absolute atomic E-state index is 13.2. The summed E-state index contributed by atoms with van der Waals surface area (Å²) in [5.74, 6) is -8.02. The minimum absolute atomic E-state index is 0.575. The maximum atomic E-state index is 13.2. The zero-order valence-corrected chi connectivity index (χ0v) is 9.42. The van der Waals surface area contributed by atoms with Gasteiger partial charge < -0.3 is 0 Å². The van der Waals surface area contributed by atoms with Crippen LogP contribution in [0.4, 0.5) is 30.7 Å². The number of alkyl halides is 7. The molecule has 0 saturated carbocycles. The predicted octanol–water partition coefficient (Wildman–Crippen LogP) is 3.20. The number of hydrogen-bond acceptors (Lipinski definition) is 1. The molecule has 0 aromatic carbocycles. The second-order valence-corrected chi connectivity index (χ2v) is 3.44. The largest absolute Gasteiger partial charge is 0.462 e. The summed E-state index contributed by atoms with van der Waals surface area (Å²) >= 11 is 0. The van der Waals surface area contributed by atoms with Gasteiger partial charge in [-0.2, -0.15) is 30.7 Å². The van der Waals surface area contributed by atoms with Crippen molar-refractivity contribution in [2.24, 2.45) is 0 Å². The van der Waals surface area contributed by atoms with Crippen molar-refractivity contribution in [3.63, 3.8) is 0 Å². The SMILES string of the molecule is C=C(C)C(=O)N(CC)C(F)(F)C(F)(F)C(F)(F)F. The first-order valence-corrected chi connectivity index (χ1v) is 4.60. The molecule has 0 aliphatic carbocycles. The summed E-state index contributed by atoms with van der Waals surface area (Å²) < 4.78 is 87.4. The van der Waals surface area contributed by atoms with Gasteiger partial charge in [-0.3, -0.25) is 9.69 Å². The van der Waals surface area contributed by atoms with E-state index in [0.29, 0.717) is 0 Å². The van der Waals surface area contributed by atoms with Gasteiger partial charge >= 0.3 is 18.1 Å². The number of carbonyl (C=O) groups excluding carboxylic acids is 1. The van der Waals surface area contributed by atoms with E-state index in [0.717, 1.165) is 13.8 Å². The molecule has 2 nitrogen and oxygen atoms in total. The van der Waals surface area contributed by atoms with Crippen molar-refractivity contribution in [2.75, 3.05) is 6.54 Å². The highest BCUT2D eigenvalue weighted by atomic mass is 19.4. The molecule has 106 valence electrons. The summed E-state index contributed by atoms with van der Waals surface area (Å²) in [4.78, 5) is 10.3. The Morgan fingerprint density at radius 2 is 1.50 bits per heavy atom. The molecule has 0 heterocycles. The predicted molar refractivity (Wildman–Crippen MR) is 48.2 cm³/mol. The molecule has 0 aromatic rings. The fraction of sp³-hybridized carbons (Fsp3) is 0.667. The summed E-state index contributed by atoms with van der Waals surface area (Å²) in [5, 5.41) is 0. The van der Waals surface area contributed by atoms with E-state index < -0.39 is 41.1 Å². The highest BCUT2D eigenvalue weighted by Crippen LogP contribution is 2.48. The molecule has 0 rings (SSSR count). The summed E-state index contributed by atoms with van der Waals surface area (Å²) in [6.07, 6.45) is -6.47. The van der Waals surface area contributed by atoms with E-state index in [1.807, 2.05) is 0 Å². The standard InChI is InChI=1S/C9H10F7NO/c1-4-17(6(18)5(2)3)9(15,16)7(10,11)8(12,13)14/h2,4H2,1,3H3. The summed E-state index contributed by atoms with van der Waals surface area (Å²) in [6, 6.07) is -5.68. The van der Waals surface area contributed by atoms with Crippen LogP contribution in [-0.4, -0.2) is 35.5 Å². The fourth-order valence-corrected chi connectivity index (χ4v) is 1.04. The van der Waals surface area contributed by atoms with Crippen LogP contribution >= 0.6 is 0 Å². The Bertz CT molecular complexity index is 347. The molecule has 0 aromatic heterocycles. The molecule has 0 spiro atoms. The number of halogens is 7. The van der Waals surface area contributed by atoms with E-state index in [9.17, 15) is 35.5 Å². The van der Waals surface area contributed by atoms with Gasteiger partial charge in [-0.1, -0.05) is 6.58 Å². The van der Waals surface area contributed by atoms with Gasteiger partial charge in [0.25, 0.3) is 5.91 Å². The van der Waals surface area contributed by atoms with Gasteiger partial charge in [0, 0.05) is 12.1 Å². The van der Waals surface area contributed by atoms with Crippen molar-refractivity contribution in [3.05, 3.63) is 12.2 Å². The summed E-state index contributed by atoms with van der Waals surface area (Å²) in [7, 11) is 0. The van der Waals surface area contributed by atoms with Crippen molar-refractivity contribution < 1.29 is 35.5 Å². The first kappa shape index (κ1) is 16.7. The monoisotopic (exact) mass is 281 g/mol. The molecule has 9 heteroatoms. The first-order valence-electron chi connectivity index (χ1n) is 4.60. The molecule has 0 aliphatic heterocycles. The lowest BCUT2D eigenvalue weighted by Crippen LogP contribution is -2.62. The average Bonchev–Trinajstić information content (AvgIpc) is 2.15. The topological polar surface area (TPSA) is 20.3 Å². The molecule has 0 N–H and O–H groups in total. The molecular weight excluding hydrogens is 271 g/mol. The third-order valence-corrected chi connectivity index (χ3v) is 2.00. The Labute approximate surface area is 98.0 Å². The molecule has 0 bridgehead atoms. The van der Waals surface area contributed by atoms with Crippen molar-refractivity contribution in [2.45, 2.75) is 32.0 Å². The Balaban J connectivity index is 5.60. The van der Waals surface area contributed by atoms with Crippen LogP contribution in [0.5, 0.6) is 0 Å². The summed E-state index contributed by atoms with van der Waals surface area (Å²) in [5.41, 5.74) is -0.575. The Morgan fingerprint density at radius 1 is 1.11 bits per heavy atom. The van der Waals surface area contributed by atoms with E-state index in [4.69, 9.17) is 0 Å². The Morgan fingerprint density at radius 3 is 1.72 bits per heavy atom. The van der Waals surface area contributed by atoms with E-state index >= 15 is 0 Å². The maximum Gasteiger partial charge on any atom is 0.462 e. The summed E-state index contributed by atoms with van der Waals surface area (Å²) in [6.45, 7) is 3.68. The number of rotatable bonds is 4. The minimum Gasteiger partial charge on any atom is -0.275 e. The fourth-order valence-electron chi connectivity index (χ4n) is 1.04. The van der Waals surface area contributed by atoms with Crippen LogP contribution < -0.4 is 0 Å². The van der Waals surface area contributed by atoms with E-state index in [1.54, 1.807) is 0 Å². The van der Waals surface area contributed by atoms with Gasteiger partial charge in [-0.15, -0.1) is 0 Å². The average molecular weight is 281 g/mol. The quantitative estimate of drug-likeness (QED) is 0.440. The molecule has 0 fully saturated rings. The normalized spacial score (nSPS) is 13.4. The van der Waals surface area contributed by atoms with Crippen LogP contribution in [0.15, 0.2) is 12.2 Å². The molecule has 0 saturated heterocycles. The number of carbonyl (C=O) groups is 1. The molecule has 18 heavy (non-hydrogen) atoms. The number of amides is 1. The third-order valence-electron chi connectivity index (χ3n) is 2.00. The Hall–Kier alpha value is -1.28. The van der Waals surface area contributed by atoms with Gasteiger partial charge in [0.2, 0.25) is 0 Å². The first-order chi connectivity index (χ1) is 7.80. The Kier molecular flexibility index (Phi) is 4.43. The molecule has 1 amide bonds. The van der Waals surface area contributed by atoms with Crippen molar-refractivity contribution in [1.29, 1.82) is 0 Å². The molecule has 0 unspecified atom stereocenters. The van der Waals surface area contributed by atoms with Crippen molar-refractivity contribution in [3.8, 4) is 0 Å². The van der Waals surface area contributed by atoms with Crippen LogP contribution in [0.2, 0.25) is 0 Å². The molecule has 0 radical (unpaired) electrons. The van der Waals surface area contributed by atoms with Crippen LogP contribution in [0, 0.1) is 0 Å². The van der Waals surface area contributed by atoms with E-state index in [-0.39, 0.29) is 0 Å². The van der Waals surface area contributed by atoms with E-state index in [1.165, 1.54) is 0 Å². The van der Waals surface area contributed by atoms with Crippen LogP contribution in [0.3, 0.4) is 0 Å². The van der Waals surface area contributed by atoms with Crippen LogP contribution in [0.1, 0.15) is 13.8 Å². The zero-order valence-electron chi connectivity index (χ0n) is 9.42. The lowest BCUT2D eigenvalue weighted by molar-refractivity contribution is -0.382. The highest BCUT2D eigenvalue weighted by molar-refractivity contribution is 5.92. The third kappa shape index (κ3) is 2.59. The number of likely N-dealkylation sites (N-methyl/N-ethyl adjacent to an activating group) is 1. The minimum atomic E-state index is -6.47. The second kappa shape index (κ2) is 4.77. The highest BCUT2D eigenvalue weighted by Gasteiger charge is 2.75. The number of hydrogen-bond donors (Lipinski definition) is 0. The zero-order chi connectivity index (χ0) is 14.9. The number of nitrogens with zero attached hydrogens (tertiary/aromatic N) is 1. The van der Waals surface area contributed by atoms with Gasteiger partial charge in [-0.05, 0) is 13.8 Å². The lowest BCUT2D eigenvalue weighted by Gasteiger charge is -2.36. The molecular formula is C9H10F7NO. The van der Waals surface area contributed by atoms with Gasteiger partial charge in [-0.25, -0.2) is 0 Å². The van der Waals surface area contributed by atoms with Crippen LogP contribution in [0.25, 0.3) is 0 Å². The van der Waals surface area contributed by atoms with Gasteiger partial charge in [0.05, 0.1) is 0 Å². The van der Waals surface area contributed by atoms with Gasteiger partial charge in [0.15, 0.2) is 0 Å². The smallest absolute Gasteiger partial charge is 0.275 e. The van der Waals surface area contributed by atoms with Crippen molar-refractivity contribution >= 4 is 5.91 Å². The van der Waals surface area contributed by atoms with Gasteiger partial charge in [0.1, 0.15) is 0 Å². The lowest BCUT2D eigenvalue weighted by atomic mass is 10.2.